The molecule has 0 radical (unpaired) electrons. The molecule has 0 saturated heterocycles. The van der Waals surface area contributed by atoms with Gasteiger partial charge in [-0.05, 0) is 12.5 Å². The fourth-order valence-corrected chi connectivity index (χ4v) is 1.11. The molecule has 1 rings (SSSR count). The minimum Gasteiger partial charge on any atom is -0.318 e. The van der Waals surface area contributed by atoms with E-state index in [-0.39, 0.29) is 0 Å². The molecule has 1 aromatic rings. The SMILES string of the molecule is Cc1ccc(CC(=S)NN)cc1. The first-order valence-corrected chi connectivity index (χ1v) is 4.18. The lowest BCUT2D eigenvalue weighted by atomic mass is 10.1. The van der Waals surface area contributed by atoms with E-state index in [9.17, 15) is 0 Å². The van der Waals surface area contributed by atoms with Crippen molar-refractivity contribution in [3.8, 4) is 0 Å². The molecule has 0 aromatic heterocycles. The van der Waals surface area contributed by atoms with Crippen molar-refractivity contribution in [2.24, 2.45) is 5.84 Å². The van der Waals surface area contributed by atoms with Crippen molar-refractivity contribution in [1.82, 2.24) is 5.43 Å². The van der Waals surface area contributed by atoms with Gasteiger partial charge in [0.1, 0.15) is 0 Å². The molecule has 0 heterocycles. The predicted octanol–water partition coefficient (Wildman–Crippen LogP) is 1.33. The molecule has 0 aliphatic heterocycles. The average Bonchev–Trinajstić information content (AvgIpc) is 2.09. The van der Waals surface area contributed by atoms with Gasteiger partial charge in [0.2, 0.25) is 0 Å². The van der Waals surface area contributed by atoms with Gasteiger partial charge in [0.05, 0.1) is 4.99 Å². The zero-order valence-corrected chi connectivity index (χ0v) is 7.82. The normalized spacial score (nSPS) is 9.50. The van der Waals surface area contributed by atoms with Gasteiger partial charge in [-0.3, -0.25) is 5.84 Å². The zero-order chi connectivity index (χ0) is 8.97. The van der Waals surface area contributed by atoms with Gasteiger partial charge >= 0.3 is 0 Å². The van der Waals surface area contributed by atoms with Crippen molar-refractivity contribution in [1.29, 1.82) is 0 Å². The number of hydrogen-bond donors (Lipinski definition) is 2. The maximum absolute atomic E-state index is 5.16. The smallest absolute Gasteiger partial charge is 0.0937 e. The molecule has 0 aliphatic carbocycles. The van der Waals surface area contributed by atoms with Crippen molar-refractivity contribution in [3.63, 3.8) is 0 Å². The van der Waals surface area contributed by atoms with Crippen LogP contribution in [-0.4, -0.2) is 4.99 Å². The van der Waals surface area contributed by atoms with Gasteiger partial charge in [-0.25, -0.2) is 0 Å². The Morgan fingerprint density at radius 3 is 2.50 bits per heavy atom. The van der Waals surface area contributed by atoms with E-state index in [0.29, 0.717) is 11.4 Å². The molecule has 0 saturated carbocycles. The van der Waals surface area contributed by atoms with E-state index in [0.717, 1.165) is 0 Å². The molecule has 0 bridgehead atoms. The molecule has 0 fully saturated rings. The number of nitrogens with one attached hydrogen (secondary N) is 1. The lowest BCUT2D eigenvalue weighted by Gasteiger charge is -2.02. The first-order valence-electron chi connectivity index (χ1n) is 3.77. The molecule has 2 nitrogen and oxygen atoms in total. The molecule has 0 spiro atoms. The van der Waals surface area contributed by atoms with Crippen LogP contribution in [-0.2, 0) is 6.42 Å². The molecule has 0 unspecified atom stereocenters. The molecule has 1 aromatic carbocycles. The Balaban J connectivity index is 2.64. The van der Waals surface area contributed by atoms with Crippen LogP contribution >= 0.6 is 12.2 Å². The lowest BCUT2D eigenvalue weighted by Crippen LogP contribution is -2.29. The van der Waals surface area contributed by atoms with Gasteiger partial charge in [-0.2, -0.15) is 0 Å². The fourth-order valence-electron chi connectivity index (χ4n) is 0.942. The van der Waals surface area contributed by atoms with Crippen molar-refractivity contribution in [2.75, 3.05) is 0 Å². The van der Waals surface area contributed by atoms with Crippen LogP contribution in [0.2, 0.25) is 0 Å². The van der Waals surface area contributed by atoms with E-state index < -0.39 is 0 Å². The second kappa shape index (κ2) is 4.18. The van der Waals surface area contributed by atoms with Gasteiger partial charge < -0.3 is 5.43 Å². The third-order valence-electron chi connectivity index (χ3n) is 1.65. The van der Waals surface area contributed by atoms with Gasteiger partial charge in [0.25, 0.3) is 0 Å². The highest BCUT2D eigenvalue weighted by Gasteiger charge is 1.95. The van der Waals surface area contributed by atoms with E-state index in [1.54, 1.807) is 0 Å². The quantitative estimate of drug-likeness (QED) is 0.409. The summed E-state index contributed by atoms with van der Waals surface area (Å²) in [6.07, 6.45) is 0.714. The van der Waals surface area contributed by atoms with Crippen molar-refractivity contribution in [2.45, 2.75) is 13.3 Å². The molecular weight excluding hydrogens is 168 g/mol. The average molecular weight is 180 g/mol. The Morgan fingerprint density at radius 2 is 2.00 bits per heavy atom. The van der Waals surface area contributed by atoms with Crippen LogP contribution < -0.4 is 11.3 Å². The van der Waals surface area contributed by atoms with Crippen LogP contribution in [0.1, 0.15) is 11.1 Å². The molecule has 0 atom stereocenters. The first-order chi connectivity index (χ1) is 5.72. The molecule has 3 N–H and O–H groups in total. The molecular formula is C9H12N2S. The third-order valence-corrected chi connectivity index (χ3v) is 1.91. The highest BCUT2D eigenvalue weighted by Crippen LogP contribution is 2.03. The third kappa shape index (κ3) is 2.60. The number of hydrazine groups is 1. The van der Waals surface area contributed by atoms with Crippen molar-refractivity contribution in [3.05, 3.63) is 35.4 Å². The van der Waals surface area contributed by atoms with Crippen LogP contribution in [0, 0.1) is 6.92 Å². The predicted molar refractivity (Wildman–Crippen MR) is 54.8 cm³/mol. The second-order valence-corrected chi connectivity index (χ2v) is 3.22. The minimum atomic E-state index is 0.666. The monoisotopic (exact) mass is 180 g/mol. The van der Waals surface area contributed by atoms with Crippen LogP contribution in [0.4, 0.5) is 0 Å². The topological polar surface area (TPSA) is 38.0 Å². The number of rotatable bonds is 2. The van der Waals surface area contributed by atoms with Crippen LogP contribution in [0.25, 0.3) is 0 Å². The maximum atomic E-state index is 5.16. The van der Waals surface area contributed by atoms with E-state index in [1.165, 1.54) is 11.1 Å². The number of aryl methyl sites for hydroxylation is 1. The standard InChI is InChI=1S/C9H12N2S/c1-7-2-4-8(5-3-7)6-9(12)11-10/h2-5H,6,10H2,1H3,(H,11,12). The Bertz CT molecular complexity index is 266. The minimum absolute atomic E-state index is 0.666. The molecule has 12 heavy (non-hydrogen) atoms. The molecule has 0 aliphatic rings. The maximum Gasteiger partial charge on any atom is 0.0937 e. The van der Waals surface area contributed by atoms with Crippen molar-refractivity contribution >= 4 is 17.2 Å². The van der Waals surface area contributed by atoms with E-state index in [2.05, 4.69) is 36.6 Å². The summed E-state index contributed by atoms with van der Waals surface area (Å²) < 4.78 is 0. The number of nitrogens with two attached hydrogens (primary N) is 1. The van der Waals surface area contributed by atoms with Crippen LogP contribution in [0.15, 0.2) is 24.3 Å². The van der Waals surface area contributed by atoms with Gasteiger partial charge in [-0.1, -0.05) is 42.0 Å². The van der Waals surface area contributed by atoms with Crippen LogP contribution in [0.5, 0.6) is 0 Å². The fraction of sp³-hybridized carbons (Fsp3) is 0.222. The summed E-state index contributed by atoms with van der Waals surface area (Å²) in [5, 5.41) is 0. The van der Waals surface area contributed by atoms with E-state index >= 15 is 0 Å². The summed E-state index contributed by atoms with van der Waals surface area (Å²) in [7, 11) is 0. The van der Waals surface area contributed by atoms with E-state index in [1.807, 2.05) is 0 Å². The summed E-state index contributed by atoms with van der Waals surface area (Å²) in [5.74, 6) is 5.16. The summed E-state index contributed by atoms with van der Waals surface area (Å²) in [6, 6.07) is 8.24. The van der Waals surface area contributed by atoms with Gasteiger partial charge in [0, 0.05) is 6.42 Å². The van der Waals surface area contributed by atoms with Gasteiger partial charge in [0.15, 0.2) is 0 Å². The number of benzene rings is 1. The lowest BCUT2D eigenvalue weighted by molar-refractivity contribution is 1.02. The van der Waals surface area contributed by atoms with Crippen molar-refractivity contribution < 1.29 is 0 Å². The first kappa shape index (κ1) is 9.16. The Morgan fingerprint density at radius 1 is 1.42 bits per heavy atom. The molecule has 3 heteroatoms. The Kier molecular flexibility index (Phi) is 3.19. The summed E-state index contributed by atoms with van der Waals surface area (Å²) in [4.78, 5) is 0.666. The zero-order valence-electron chi connectivity index (χ0n) is 7.00. The second-order valence-electron chi connectivity index (χ2n) is 2.73. The number of hydrogen-bond acceptors (Lipinski definition) is 2. The highest BCUT2D eigenvalue weighted by molar-refractivity contribution is 7.80. The van der Waals surface area contributed by atoms with E-state index in [4.69, 9.17) is 18.1 Å². The Labute approximate surface area is 77.7 Å². The highest BCUT2D eigenvalue weighted by atomic mass is 32.1. The Hall–Kier alpha value is -0.930. The summed E-state index contributed by atoms with van der Waals surface area (Å²) >= 11 is 4.93. The van der Waals surface area contributed by atoms with Gasteiger partial charge in [-0.15, -0.1) is 0 Å². The summed E-state index contributed by atoms with van der Waals surface area (Å²) in [6.45, 7) is 2.06. The molecule has 64 valence electrons. The largest absolute Gasteiger partial charge is 0.318 e. The number of thiocarbonyl (C=S) groups is 1. The summed E-state index contributed by atoms with van der Waals surface area (Å²) in [5.41, 5.74) is 4.90. The molecule has 0 amide bonds. The van der Waals surface area contributed by atoms with Crippen LogP contribution in [0.3, 0.4) is 0 Å².